The maximum Gasteiger partial charge on any atom is 0.409 e. The zero-order chi connectivity index (χ0) is 20.7. The second-order valence-electron chi connectivity index (χ2n) is 6.84. The Kier molecular flexibility index (Phi) is 9.11. The Morgan fingerprint density at radius 1 is 1.21 bits per heavy atom. The summed E-state index contributed by atoms with van der Waals surface area (Å²) in [6.07, 6.45) is 0.0305. The lowest BCUT2D eigenvalue weighted by Crippen LogP contribution is -2.40. The van der Waals surface area contributed by atoms with Crippen molar-refractivity contribution in [3.8, 4) is 0 Å². The molecule has 0 saturated carbocycles. The van der Waals surface area contributed by atoms with E-state index in [1.54, 1.807) is 12.1 Å². The van der Waals surface area contributed by atoms with Crippen molar-refractivity contribution in [2.75, 3.05) is 18.1 Å². The molecule has 1 aromatic heterocycles. The predicted molar refractivity (Wildman–Crippen MR) is 108 cm³/mol. The van der Waals surface area contributed by atoms with Gasteiger partial charge in [-0.3, -0.25) is 9.69 Å². The van der Waals surface area contributed by atoms with E-state index >= 15 is 0 Å². The number of aliphatic hydroxyl groups excluding tert-OH is 1. The van der Waals surface area contributed by atoms with Gasteiger partial charge in [0.25, 0.3) is 5.91 Å². The minimum Gasteiger partial charge on any atom is -0.388 e. The molecule has 28 heavy (non-hydrogen) atoms. The number of aliphatic hydroxyl groups is 1. The molecule has 0 spiro atoms. The number of carbonyl (C=O) groups is 1. The molecule has 1 saturated heterocycles. The molecular formula is C19H28F3NO3S2. The first-order valence-electron chi connectivity index (χ1n) is 9.70. The van der Waals surface area contributed by atoms with Crippen LogP contribution in [0.15, 0.2) is 12.1 Å². The van der Waals surface area contributed by atoms with E-state index in [0.29, 0.717) is 34.7 Å². The van der Waals surface area contributed by atoms with E-state index < -0.39 is 28.8 Å². The number of rotatable bonds is 11. The Morgan fingerprint density at radius 3 is 2.57 bits per heavy atom. The summed E-state index contributed by atoms with van der Waals surface area (Å²) in [4.78, 5) is 14.4. The maximum atomic E-state index is 13.3. The van der Waals surface area contributed by atoms with Crippen molar-refractivity contribution >= 4 is 34.0 Å². The van der Waals surface area contributed by atoms with E-state index in [1.807, 2.05) is 6.92 Å². The van der Waals surface area contributed by atoms with Gasteiger partial charge in [0.2, 0.25) is 0 Å². The van der Waals surface area contributed by atoms with Crippen LogP contribution < -0.4 is 4.90 Å². The molecule has 160 valence electrons. The van der Waals surface area contributed by atoms with Gasteiger partial charge in [0.15, 0.2) is 5.25 Å². The third-order valence-corrected chi connectivity index (χ3v) is 7.09. The number of hydrogen-bond donors (Lipinski definition) is 1. The molecule has 0 aliphatic carbocycles. The average Bonchev–Trinajstić information content (AvgIpc) is 3.23. The fraction of sp³-hybridized carbons (Fsp3) is 0.737. The SMILES string of the molecule is CCCCCC(O)c1ccc(N2C(=O)C(C(F)(F)F)SC2COCCCC)s1. The van der Waals surface area contributed by atoms with Crippen LogP contribution in [0.2, 0.25) is 0 Å². The Balaban J connectivity index is 2.13. The number of unbranched alkanes of at least 4 members (excludes halogenated alkanes) is 3. The van der Waals surface area contributed by atoms with Gasteiger partial charge in [-0.2, -0.15) is 13.2 Å². The number of hydrogen-bond acceptors (Lipinski definition) is 5. The normalized spacial score (nSPS) is 21.5. The first-order chi connectivity index (χ1) is 13.3. The van der Waals surface area contributed by atoms with Crippen LogP contribution in [0.1, 0.15) is 63.4 Å². The fourth-order valence-electron chi connectivity index (χ4n) is 2.94. The molecule has 3 atom stereocenters. The molecule has 3 unspecified atom stereocenters. The van der Waals surface area contributed by atoms with Gasteiger partial charge in [-0.25, -0.2) is 0 Å². The van der Waals surface area contributed by atoms with Crippen molar-refractivity contribution in [1.29, 1.82) is 0 Å². The highest BCUT2D eigenvalue weighted by Gasteiger charge is 2.55. The minimum absolute atomic E-state index is 0.0509. The van der Waals surface area contributed by atoms with Crippen LogP contribution in [0.3, 0.4) is 0 Å². The van der Waals surface area contributed by atoms with Gasteiger partial charge in [-0.15, -0.1) is 23.1 Å². The molecule has 1 aliphatic rings. The number of amides is 1. The van der Waals surface area contributed by atoms with Crippen LogP contribution in [-0.2, 0) is 9.53 Å². The summed E-state index contributed by atoms with van der Waals surface area (Å²) in [5.41, 5.74) is 0. The number of carbonyl (C=O) groups excluding carboxylic acids is 1. The lowest BCUT2D eigenvalue weighted by molar-refractivity contribution is -0.146. The number of nitrogens with zero attached hydrogens (tertiary/aromatic N) is 1. The van der Waals surface area contributed by atoms with E-state index in [2.05, 4.69) is 6.92 Å². The first-order valence-corrected chi connectivity index (χ1v) is 11.5. The number of alkyl halides is 3. The topological polar surface area (TPSA) is 49.8 Å². The average molecular weight is 440 g/mol. The van der Waals surface area contributed by atoms with Crippen LogP contribution in [0, 0.1) is 0 Å². The third kappa shape index (κ3) is 6.11. The van der Waals surface area contributed by atoms with Crippen LogP contribution in [0.4, 0.5) is 18.2 Å². The molecule has 2 rings (SSSR count). The number of ether oxygens (including phenoxy) is 1. The monoisotopic (exact) mass is 439 g/mol. The van der Waals surface area contributed by atoms with E-state index in [4.69, 9.17) is 4.74 Å². The Hall–Kier alpha value is -0.770. The second kappa shape index (κ2) is 10.8. The smallest absolute Gasteiger partial charge is 0.388 e. The second-order valence-corrected chi connectivity index (χ2v) is 9.22. The Morgan fingerprint density at radius 2 is 1.93 bits per heavy atom. The zero-order valence-corrected chi connectivity index (χ0v) is 17.8. The summed E-state index contributed by atoms with van der Waals surface area (Å²) in [5, 5.41) is 7.94. The van der Waals surface area contributed by atoms with E-state index in [-0.39, 0.29) is 6.61 Å². The van der Waals surface area contributed by atoms with E-state index in [0.717, 1.165) is 32.1 Å². The summed E-state index contributed by atoms with van der Waals surface area (Å²) in [5.74, 6) is -0.963. The predicted octanol–water partition coefficient (Wildman–Crippen LogP) is 5.52. The molecule has 0 radical (unpaired) electrons. The molecule has 4 nitrogen and oxygen atoms in total. The third-order valence-electron chi connectivity index (χ3n) is 4.50. The molecule has 1 fully saturated rings. The number of anilines is 1. The van der Waals surface area contributed by atoms with Gasteiger partial charge in [0, 0.05) is 11.5 Å². The summed E-state index contributed by atoms with van der Waals surface area (Å²) < 4.78 is 45.3. The summed E-state index contributed by atoms with van der Waals surface area (Å²) in [6.45, 7) is 4.58. The van der Waals surface area contributed by atoms with Crippen molar-refractivity contribution in [3.63, 3.8) is 0 Å². The Bertz CT molecular complexity index is 624. The summed E-state index contributed by atoms with van der Waals surface area (Å²) in [6, 6.07) is 3.32. The van der Waals surface area contributed by atoms with Crippen molar-refractivity contribution in [3.05, 3.63) is 17.0 Å². The van der Waals surface area contributed by atoms with Crippen molar-refractivity contribution in [2.45, 2.75) is 75.3 Å². The number of halogens is 3. The quantitative estimate of drug-likeness (QED) is 0.462. The van der Waals surface area contributed by atoms with Gasteiger partial charge in [-0.05, 0) is 25.0 Å². The molecular weight excluding hydrogens is 411 g/mol. The zero-order valence-electron chi connectivity index (χ0n) is 16.2. The fourth-order valence-corrected chi connectivity index (χ4v) is 5.30. The van der Waals surface area contributed by atoms with E-state index in [9.17, 15) is 23.1 Å². The highest BCUT2D eigenvalue weighted by Crippen LogP contribution is 2.45. The molecule has 2 heterocycles. The highest BCUT2D eigenvalue weighted by molar-refractivity contribution is 8.02. The molecule has 1 aliphatic heterocycles. The van der Waals surface area contributed by atoms with Gasteiger partial charge < -0.3 is 9.84 Å². The van der Waals surface area contributed by atoms with Crippen molar-refractivity contribution in [2.24, 2.45) is 0 Å². The highest BCUT2D eigenvalue weighted by atomic mass is 32.2. The molecule has 0 bridgehead atoms. The van der Waals surface area contributed by atoms with Gasteiger partial charge in [-0.1, -0.05) is 39.5 Å². The Labute approximate surface area is 172 Å². The molecule has 1 N–H and O–H groups in total. The first kappa shape index (κ1) is 23.5. The van der Waals surface area contributed by atoms with Crippen molar-refractivity contribution in [1.82, 2.24) is 0 Å². The summed E-state index contributed by atoms with van der Waals surface area (Å²) >= 11 is 1.77. The largest absolute Gasteiger partial charge is 0.409 e. The minimum atomic E-state index is -4.60. The van der Waals surface area contributed by atoms with E-state index in [1.165, 1.54) is 16.2 Å². The van der Waals surface area contributed by atoms with Crippen LogP contribution >= 0.6 is 23.1 Å². The van der Waals surface area contributed by atoms with Crippen molar-refractivity contribution < 1.29 is 27.8 Å². The van der Waals surface area contributed by atoms with Crippen LogP contribution in [-0.4, -0.2) is 41.0 Å². The molecule has 1 amide bonds. The number of thioether (sulfide) groups is 1. The maximum absolute atomic E-state index is 13.3. The summed E-state index contributed by atoms with van der Waals surface area (Å²) in [7, 11) is 0. The lowest BCUT2D eigenvalue weighted by atomic mass is 10.1. The van der Waals surface area contributed by atoms with Gasteiger partial charge >= 0.3 is 6.18 Å². The van der Waals surface area contributed by atoms with Crippen LogP contribution in [0.25, 0.3) is 0 Å². The lowest BCUT2D eigenvalue weighted by Gasteiger charge is -2.22. The van der Waals surface area contributed by atoms with Crippen LogP contribution in [0.5, 0.6) is 0 Å². The van der Waals surface area contributed by atoms with Gasteiger partial charge in [0.05, 0.1) is 17.7 Å². The van der Waals surface area contributed by atoms with Gasteiger partial charge in [0.1, 0.15) is 5.37 Å². The molecule has 1 aromatic rings. The molecule has 9 heteroatoms. The number of thiophene rings is 1. The molecule has 0 aromatic carbocycles. The standard InChI is InChI=1S/C19H28F3NO3S2/c1-3-5-7-8-13(24)14-9-10-15(27-14)23-16(12-26-11-6-4-2)28-17(18(23)25)19(20,21)22/h9-10,13,16-17,24H,3-8,11-12H2,1-2H3.